The predicted molar refractivity (Wildman–Crippen MR) is 211 cm³/mol. The SMILES string of the molecule is C[C@@H]1CN(c2nc(OC[C@]34CCCN3C[C@H](F)C4)nc3c(F)c(-c4ccc(F)c5sc(NC(=O)OC(C)(C)C)nc45)c(C(F)(F)F)cc23)[C@@H](C)CN1C(=O)OC(C)(C)C. The lowest BCUT2D eigenvalue weighted by atomic mass is 9.94. The highest BCUT2D eigenvalue weighted by molar-refractivity contribution is 7.22. The number of halogens is 6. The van der Waals surface area contributed by atoms with Crippen molar-refractivity contribution in [3.8, 4) is 17.1 Å². The van der Waals surface area contributed by atoms with E-state index in [0.717, 1.165) is 24.6 Å². The Morgan fingerprint density at radius 3 is 2.34 bits per heavy atom. The number of ether oxygens (including phenoxy) is 3. The van der Waals surface area contributed by atoms with Gasteiger partial charge in [-0.25, -0.2) is 27.7 Å². The Hall–Kier alpha value is -4.65. The van der Waals surface area contributed by atoms with Gasteiger partial charge in [0.05, 0.1) is 21.3 Å². The molecule has 0 saturated carbocycles. The van der Waals surface area contributed by atoms with Crippen LogP contribution in [0, 0.1) is 11.6 Å². The van der Waals surface area contributed by atoms with E-state index in [1.807, 2.05) is 4.90 Å². The van der Waals surface area contributed by atoms with E-state index < -0.39 is 87.2 Å². The molecule has 3 aliphatic heterocycles. The molecule has 19 heteroatoms. The summed E-state index contributed by atoms with van der Waals surface area (Å²) in [6.07, 6.45) is -6.07. The van der Waals surface area contributed by atoms with Crippen LogP contribution < -0.4 is 15.0 Å². The normalized spacial score (nSPS) is 22.9. The maximum absolute atomic E-state index is 17.4. The minimum Gasteiger partial charge on any atom is -0.461 e. The van der Waals surface area contributed by atoms with Crippen LogP contribution in [0.4, 0.5) is 46.9 Å². The molecule has 59 heavy (non-hydrogen) atoms. The number of piperazine rings is 1. The molecule has 5 heterocycles. The molecule has 4 atom stereocenters. The van der Waals surface area contributed by atoms with Crippen LogP contribution in [0.2, 0.25) is 0 Å². The number of carbonyl (C=O) groups excluding carboxylic acids is 2. The zero-order valence-corrected chi connectivity index (χ0v) is 34.8. The quantitative estimate of drug-likeness (QED) is 0.188. The van der Waals surface area contributed by atoms with Gasteiger partial charge in [0.2, 0.25) is 0 Å². The number of aromatic nitrogens is 3. The number of amides is 2. The summed E-state index contributed by atoms with van der Waals surface area (Å²) in [5, 5.41) is 1.90. The summed E-state index contributed by atoms with van der Waals surface area (Å²) in [6.45, 7) is 14.6. The minimum atomic E-state index is -5.16. The first-order chi connectivity index (χ1) is 27.4. The van der Waals surface area contributed by atoms with Gasteiger partial charge in [-0.05, 0) is 93.0 Å². The van der Waals surface area contributed by atoms with Gasteiger partial charge in [-0.3, -0.25) is 10.2 Å². The number of fused-ring (bicyclic) bond motifs is 3. The maximum Gasteiger partial charge on any atom is 0.417 e. The van der Waals surface area contributed by atoms with Crippen molar-refractivity contribution < 1.29 is 50.1 Å². The topological polar surface area (TPSA) is 122 Å². The summed E-state index contributed by atoms with van der Waals surface area (Å²) < 4.78 is 110. The summed E-state index contributed by atoms with van der Waals surface area (Å²) in [6, 6.07) is 1.24. The third kappa shape index (κ3) is 8.54. The third-order valence-corrected chi connectivity index (χ3v) is 11.7. The summed E-state index contributed by atoms with van der Waals surface area (Å²) in [7, 11) is 0. The van der Waals surface area contributed by atoms with Crippen LogP contribution in [0.5, 0.6) is 6.01 Å². The molecule has 320 valence electrons. The van der Waals surface area contributed by atoms with Crippen LogP contribution in [-0.2, 0) is 15.7 Å². The molecular weight excluding hydrogens is 805 g/mol. The Morgan fingerprint density at radius 2 is 1.66 bits per heavy atom. The second kappa shape index (κ2) is 15.1. The Labute approximate surface area is 341 Å². The molecule has 12 nitrogen and oxygen atoms in total. The van der Waals surface area contributed by atoms with Crippen LogP contribution in [0.1, 0.15) is 80.2 Å². The fourth-order valence-electron chi connectivity index (χ4n) is 8.23. The summed E-state index contributed by atoms with van der Waals surface area (Å²) in [5.41, 5.74) is -5.95. The lowest BCUT2D eigenvalue weighted by Crippen LogP contribution is -2.59. The van der Waals surface area contributed by atoms with Crippen molar-refractivity contribution in [2.24, 2.45) is 0 Å². The van der Waals surface area contributed by atoms with E-state index >= 15 is 22.0 Å². The highest BCUT2D eigenvalue weighted by atomic mass is 32.1. The van der Waals surface area contributed by atoms with Crippen molar-refractivity contribution in [1.29, 1.82) is 0 Å². The molecule has 4 aromatic rings. The first-order valence-corrected chi connectivity index (χ1v) is 20.2. The van der Waals surface area contributed by atoms with Gasteiger partial charge in [0.1, 0.15) is 41.1 Å². The largest absolute Gasteiger partial charge is 0.461 e. The molecule has 2 amide bonds. The van der Waals surface area contributed by atoms with Gasteiger partial charge in [0, 0.05) is 54.7 Å². The van der Waals surface area contributed by atoms with Crippen LogP contribution in [0.25, 0.3) is 32.2 Å². The van der Waals surface area contributed by atoms with E-state index in [-0.39, 0.29) is 65.2 Å². The first-order valence-electron chi connectivity index (χ1n) is 19.4. The smallest absolute Gasteiger partial charge is 0.417 e. The zero-order chi connectivity index (χ0) is 43.0. The summed E-state index contributed by atoms with van der Waals surface area (Å²) >= 11 is 0.643. The van der Waals surface area contributed by atoms with Crippen molar-refractivity contribution in [1.82, 2.24) is 24.8 Å². The number of carbonyl (C=O) groups is 2. The Bertz CT molecular complexity index is 2300. The molecule has 3 fully saturated rings. The average molecular weight is 852 g/mol. The molecule has 3 saturated heterocycles. The maximum atomic E-state index is 17.4. The third-order valence-electron chi connectivity index (χ3n) is 10.7. The Balaban J connectivity index is 1.38. The Kier molecular flexibility index (Phi) is 10.9. The molecule has 0 bridgehead atoms. The van der Waals surface area contributed by atoms with E-state index in [2.05, 4.69) is 20.3 Å². The number of rotatable bonds is 6. The lowest BCUT2D eigenvalue weighted by Gasteiger charge is -2.45. The summed E-state index contributed by atoms with van der Waals surface area (Å²) in [4.78, 5) is 44.1. The van der Waals surface area contributed by atoms with Crippen LogP contribution in [0.3, 0.4) is 0 Å². The van der Waals surface area contributed by atoms with Crippen LogP contribution >= 0.6 is 11.3 Å². The second-order valence-electron chi connectivity index (χ2n) is 17.6. The number of thiazole rings is 1. The zero-order valence-electron chi connectivity index (χ0n) is 34.0. The number of hydrogen-bond donors (Lipinski definition) is 1. The van der Waals surface area contributed by atoms with Crippen molar-refractivity contribution in [3.63, 3.8) is 0 Å². The van der Waals surface area contributed by atoms with E-state index in [0.29, 0.717) is 24.3 Å². The lowest BCUT2D eigenvalue weighted by molar-refractivity contribution is -0.137. The van der Waals surface area contributed by atoms with Gasteiger partial charge in [-0.2, -0.15) is 23.1 Å². The highest BCUT2D eigenvalue weighted by Crippen LogP contribution is 2.47. The van der Waals surface area contributed by atoms with Crippen molar-refractivity contribution in [3.05, 3.63) is 35.4 Å². The molecular formula is C40H47F6N7O5S. The predicted octanol–water partition coefficient (Wildman–Crippen LogP) is 9.34. The number of hydrogen-bond acceptors (Lipinski definition) is 11. The standard InChI is InChI=1S/C40H47F6N7O5S/c1-20-17-53(36(55)58-38(6,7)8)21(2)16-52(20)32-24-14-25(40(44,45)46)27(23-10-11-26(42)31-30(23)48-34(59-31)50-35(54)57-37(3,4)5)28(43)29(24)47-33(49-32)56-19-39-12-9-13-51(39)18-22(41)15-39/h10-11,14,20-22H,9,12-13,15-19H2,1-8H3,(H,48,50,54)/t20-,21+,22+,39+/m0/s1. The number of anilines is 2. The van der Waals surface area contributed by atoms with Gasteiger partial charge >= 0.3 is 24.4 Å². The van der Waals surface area contributed by atoms with E-state index in [1.165, 1.54) is 4.90 Å². The second-order valence-corrected chi connectivity index (χ2v) is 18.6. The monoisotopic (exact) mass is 851 g/mol. The van der Waals surface area contributed by atoms with Crippen molar-refractivity contribution >= 4 is 55.6 Å². The molecule has 3 aliphatic rings. The molecule has 1 N–H and O–H groups in total. The van der Waals surface area contributed by atoms with Gasteiger partial charge in [-0.1, -0.05) is 11.3 Å². The molecule has 0 unspecified atom stereocenters. The molecule has 0 aliphatic carbocycles. The Morgan fingerprint density at radius 1 is 0.949 bits per heavy atom. The van der Waals surface area contributed by atoms with Crippen molar-refractivity contribution in [2.75, 3.05) is 43.0 Å². The minimum absolute atomic E-state index is 0.0450. The van der Waals surface area contributed by atoms with E-state index in [4.69, 9.17) is 14.2 Å². The first kappa shape index (κ1) is 42.5. The average Bonchev–Trinajstić information content (AvgIpc) is 3.79. The number of nitrogens with zero attached hydrogens (tertiary/aromatic N) is 6. The van der Waals surface area contributed by atoms with Gasteiger partial charge < -0.3 is 24.0 Å². The van der Waals surface area contributed by atoms with Crippen molar-refractivity contribution in [2.45, 2.75) is 116 Å². The molecule has 0 spiro atoms. The highest BCUT2D eigenvalue weighted by Gasteiger charge is 2.50. The number of benzene rings is 2. The summed E-state index contributed by atoms with van der Waals surface area (Å²) in [5.74, 6) is -2.32. The molecule has 2 aromatic heterocycles. The molecule has 7 rings (SSSR count). The number of nitrogens with one attached hydrogen (secondary N) is 1. The van der Waals surface area contributed by atoms with Gasteiger partial charge in [0.25, 0.3) is 0 Å². The molecule has 2 aromatic carbocycles. The fourth-order valence-corrected chi connectivity index (χ4v) is 9.11. The van der Waals surface area contributed by atoms with Gasteiger partial charge in [-0.15, -0.1) is 0 Å². The van der Waals surface area contributed by atoms with E-state index in [9.17, 15) is 14.0 Å². The number of alkyl halides is 4. The fraction of sp³-hybridized carbons (Fsp3) is 0.575. The van der Waals surface area contributed by atoms with E-state index in [1.54, 1.807) is 60.3 Å². The van der Waals surface area contributed by atoms with Gasteiger partial charge in [0.15, 0.2) is 10.9 Å². The molecule has 0 radical (unpaired) electrons. The van der Waals surface area contributed by atoms with Crippen LogP contribution in [0.15, 0.2) is 18.2 Å². The van der Waals surface area contributed by atoms with Crippen LogP contribution in [-0.4, -0.2) is 105 Å².